The van der Waals surface area contributed by atoms with E-state index in [0.29, 0.717) is 18.2 Å². The first-order chi connectivity index (χ1) is 11.7. The van der Waals surface area contributed by atoms with Crippen molar-refractivity contribution >= 4 is 21.6 Å². The van der Waals surface area contributed by atoms with Gasteiger partial charge in [-0.3, -0.25) is 4.98 Å². The normalized spacial score (nSPS) is 10.2. The molecule has 0 atom stereocenters. The molecule has 0 amide bonds. The molecule has 0 aliphatic rings. The second kappa shape index (κ2) is 7.79. The summed E-state index contributed by atoms with van der Waals surface area (Å²) < 4.78 is 11.8. The molecule has 0 aliphatic carbocycles. The first kappa shape index (κ1) is 16.3. The number of benzene rings is 1. The zero-order valence-corrected chi connectivity index (χ0v) is 14.7. The molecule has 1 N–H and O–H groups in total. The predicted octanol–water partition coefficient (Wildman–Crippen LogP) is 4.65. The molecule has 122 valence electrons. The van der Waals surface area contributed by atoms with Gasteiger partial charge in [0.25, 0.3) is 0 Å². The third-order valence-electron chi connectivity index (χ3n) is 3.28. The minimum Gasteiger partial charge on any atom is -0.497 e. The van der Waals surface area contributed by atoms with Gasteiger partial charge < -0.3 is 14.8 Å². The molecule has 0 aliphatic heterocycles. The average molecular weight is 386 g/mol. The molecule has 2 aromatic heterocycles. The quantitative estimate of drug-likeness (QED) is 0.668. The highest BCUT2D eigenvalue weighted by atomic mass is 79.9. The Morgan fingerprint density at radius 2 is 1.83 bits per heavy atom. The minimum atomic E-state index is 0.548. The van der Waals surface area contributed by atoms with Gasteiger partial charge in [0.15, 0.2) is 0 Å². The number of aromatic nitrogens is 2. The largest absolute Gasteiger partial charge is 0.497 e. The van der Waals surface area contributed by atoms with Crippen molar-refractivity contribution in [1.29, 1.82) is 0 Å². The first-order valence-electron chi connectivity index (χ1n) is 7.34. The summed E-state index contributed by atoms with van der Waals surface area (Å²) in [5, 5.41) is 3.32. The monoisotopic (exact) mass is 385 g/mol. The number of nitrogens with one attached hydrogen (secondary N) is 1. The standard InChI is InChI=1S/C18H16BrN3O2/c1-23-16-2-4-17(5-3-16)24-18-8-13(6-7-21-18)10-22-15-9-14(19)11-20-12-15/h2-9,11-12,22H,10H2,1H3. The van der Waals surface area contributed by atoms with Gasteiger partial charge in [-0.2, -0.15) is 0 Å². The third kappa shape index (κ3) is 4.45. The Labute approximate surface area is 148 Å². The molecular formula is C18H16BrN3O2. The van der Waals surface area contributed by atoms with Gasteiger partial charge in [0.1, 0.15) is 11.5 Å². The Morgan fingerprint density at radius 1 is 1.04 bits per heavy atom. The van der Waals surface area contributed by atoms with Crippen LogP contribution in [-0.4, -0.2) is 17.1 Å². The molecule has 0 unspecified atom stereocenters. The molecule has 24 heavy (non-hydrogen) atoms. The Morgan fingerprint density at radius 3 is 2.58 bits per heavy atom. The summed E-state index contributed by atoms with van der Waals surface area (Å²) in [4.78, 5) is 8.37. The van der Waals surface area contributed by atoms with Crippen LogP contribution in [0.25, 0.3) is 0 Å². The molecule has 6 heteroatoms. The fraction of sp³-hybridized carbons (Fsp3) is 0.111. The van der Waals surface area contributed by atoms with Crippen LogP contribution in [0.5, 0.6) is 17.4 Å². The lowest BCUT2D eigenvalue weighted by Gasteiger charge is -2.09. The van der Waals surface area contributed by atoms with Gasteiger partial charge in [-0.25, -0.2) is 4.98 Å². The summed E-state index contributed by atoms with van der Waals surface area (Å²) in [6.45, 7) is 0.652. The van der Waals surface area contributed by atoms with Gasteiger partial charge in [0.05, 0.1) is 19.0 Å². The van der Waals surface area contributed by atoms with Crippen molar-refractivity contribution in [2.24, 2.45) is 0 Å². The number of rotatable bonds is 6. The van der Waals surface area contributed by atoms with E-state index in [0.717, 1.165) is 21.5 Å². The van der Waals surface area contributed by atoms with Gasteiger partial charge in [-0.15, -0.1) is 0 Å². The summed E-state index contributed by atoms with van der Waals surface area (Å²) in [6.07, 6.45) is 5.26. The van der Waals surface area contributed by atoms with Crippen molar-refractivity contribution in [3.05, 3.63) is 71.1 Å². The maximum atomic E-state index is 5.78. The summed E-state index contributed by atoms with van der Waals surface area (Å²) in [5.74, 6) is 2.05. The molecule has 3 rings (SSSR count). The number of pyridine rings is 2. The number of ether oxygens (including phenoxy) is 2. The van der Waals surface area contributed by atoms with Crippen LogP contribution in [0.3, 0.4) is 0 Å². The van der Waals surface area contributed by atoms with Gasteiger partial charge in [-0.1, -0.05) is 0 Å². The molecule has 0 spiro atoms. The molecule has 3 aromatic rings. The van der Waals surface area contributed by atoms with Crippen LogP contribution >= 0.6 is 15.9 Å². The smallest absolute Gasteiger partial charge is 0.219 e. The van der Waals surface area contributed by atoms with Gasteiger partial charge in [-0.05, 0) is 57.9 Å². The van der Waals surface area contributed by atoms with Crippen molar-refractivity contribution in [3.63, 3.8) is 0 Å². The van der Waals surface area contributed by atoms with Crippen LogP contribution in [0.1, 0.15) is 5.56 Å². The maximum absolute atomic E-state index is 5.78. The van der Waals surface area contributed by atoms with Crippen LogP contribution in [0.15, 0.2) is 65.5 Å². The van der Waals surface area contributed by atoms with E-state index in [9.17, 15) is 0 Å². The lowest BCUT2D eigenvalue weighted by atomic mass is 10.2. The number of methoxy groups -OCH3 is 1. The third-order valence-corrected chi connectivity index (χ3v) is 3.72. The van der Waals surface area contributed by atoms with E-state index in [1.165, 1.54) is 0 Å². The Bertz CT molecular complexity index is 809. The van der Waals surface area contributed by atoms with Gasteiger partial charge >= 0.3 is 0 Å². The molecule has 1 aromatic carbocycles. The average Bonchev–Trinajstić information content (AvgIpc) is 2.61. The zero-order valence-electron chi connectivity index (χ0n) is 13.1. The highest BCUT2D eigenvalue weighted by Gasteiger charge is 2.02. The van der Waals surface area contributed by atoms with Crippen LogP contribution in [0.2, 0.25) is 0 Å². The number of hydrogen-bond acceptors (Lipinski definition) is 5. The van der Waals surface area contributed by atoms with E-state index >= 15 is 0 Å². The minimum absolute atomic E-state index is 0.548. The molecule has 2 heterocycles. The van der Waals surface area contributed by atoms with E-state index in [1.807, 2.05) is 42.5 Å². The number of halogens is 1. The van der Waals surface area contributed by atoms with E-state index in [2.05, 4.69) is 31.2 Å². The van der Waals surface area contributed by atoms with E-state index in [-0.39, 0.29) is 0 Å². The van der Waals surface area contributed by atoms with Gasteiger partial charge in [0.2, 0.25) is 5.88 Å². The fourth-order valence-corrected chi connectivity index (χ4v) is 2.46. The lowest BCUT2D eigenvalue weighted by Crippen LogP contribution is -2.00. The SMILES string of the molecule is COc1ccc(Oc2cc(CNc3cncc(Br)c3)ccn2)cc1. The molecule has 0 bridgehead atoms. The summed E-state index contributed by atoms with van der Waals surface area (Å²) in [7, 11) is 1.63. The molecule has 5 nitrogen and oxygen atoms in total. The summed E-state index contributed by atoms with van der Waals surface area (Å²) in [5.41, 5.74) is 2.01. The molecule has 0 radical (unpaired) electrons. The molecule has 0 saturated carbocycles. The van der Waals surface area contributed by atoms with Crippen molar-refractivity contribution in [3.8, 4) is 17.4 Å². The van der Waals surface area contributed by atoms with Crippen LogP contribution in [0.4, 0.5) is 5.69 Å². The zero-order chi connectivity index (χ0) is 16.8. The summed E-state index contributed by atoms with van der Waals surface area (Å²) >= 11 is 3.41. The Hall–Kier alpha value is -2.60. The van der Waals surface area contributed by atoms with E-state index in [1.54, 1.807) is 25.7 Å². The highest BCUT2D eigenvalue weighted by Crippen LogP contribution is 2.23. The maximum Gasteiger partial charge on any atom is 0.219 e. The van der Waals surface area contributed by atoms with Crippen molar-refractivity contribution in [1.82, 2.24) is 9.97 Å². The number of hydrogen-bond donors (Lipinski definition) is 1. The van der Waals surface area contributed by atoms with Crippen LogP contribution in [0, 0.1) is 0 Å². The summed E-state index contributed by atoms with van der Waals surface area (Å²) in [6, 6.07) is 13.2. The number of anilines is 1. The second-order valence-electron chi connectivity index (χ2n) is 5.03. The second-order valence-corrected chi connectivity index (χ2v) is 5.94. The van der Waals surface area contributed by atoms with Gasteiger partial charge in [0, 0.05) is 29.5 Å². The van der Waals surface area contributed by atoms with Crippen molar-refractivity contribution < 1.29 is 9.47 Å². The topological polar surface area (TPSA) is 56.3 Å². The molecule has 0 fully saturated rings. The predicted molar refractivity (Wildman–Crippen MR) is 96.6 cm³/mol. The van der Waals surface area contributed by atoms with Crippen molar-refractivity contribution in [2.75, 3.05) is 12.4 Å². The Kier molecular flexibility index (Phi) is 5.28. The van der Waals surface area contributed by atoms with Crippen LogP contribution in [-0.2, 0) is 6.54 Å². The molecular weight excluding hydrogens is 370 g/mol. The van der Waals surface area contributed by atoms with E-state index < -0.39 is 0 Å². The Balaban J connectivity index is 1.65. The fourth-order valence-electron chi connectivity index (χ4n) is 2.09. The first-order valence-corrected chi connectivity index (χ1v) is 8.13. The molecule has 0 saturated heterocycles. The van der Waals surface area contributed by atoms with Crippen LogP contribution < -0.4 is 14.8 Å². The van der Waals surface area contributed by atoms with Crippen molar-refractivity contribution in [2.45, 2.75) is 6.54 Å². The lowest BCUT2D eigenvalue weighted by molar-refractivity contribution is 0.412. The number of nitrogens with zero attached hydrogens (tertiary/aromatic N) is 2. The highest BCUT2D eigenvalue weighted by molar-refractivity contribution is 9.10. The van der Waals surface area contributed by atoms with E-state index in [4.69, 9.17) is 9.47 Å².